The number of Topliss-reactive ketones (excluding diaryl/α,β-unsaturated/α-hetero) is 1. The fourth-order valence-electron chi connectivity index (χ4n) is 1.86. The summed E-state index contributed by atoms with van der Waals surface area (Å²) in [4.78, 5) is 11.9. The second-order valence-corrected chi connectivity index (χ2v) is 5.20. The molecule has 0 radical (unpaired) electrons. The zero-order valence-electron chi connectivity index (χ0n) is 8.80. The number of rotatable bonds is 3. The zero-order chi connectivity index (χ0) is 11.8. The van der Waals surface area contributed by atoms with Gasteiger partial charge in [-0.1, -0.05) is 15.9 Å². The zero-order valence-corrected chi connectivity index (χ0v) is 10.4. The first-order valence-corrected chi connectivity index (χ1v) is 6.07. The summed E-state index contributed by atoms with van der Waals surface area (Å²) in [6.45, 7) is 0. The number of benzene rings is 1. The van der Waals surface area contributed by atoms with Crippen LogP contribution in [0.25, 0.3) is 0 Å². The van der Waals surface area contributed by atoms with Crippen LogP contribution < -0.4 is 5.73 Å². The van der Waals surface area contributed by atoms with Gasteiger partial charge in [0.25, 0.3) is 0 Å². The molecule has 2 nitrogen and oxygen atoms in total. The first kappa shape index (κ1) is 11.7. The maximum absolute atomic E-state index is 13.0. The minimum atomic E-state index is -0.661. The Morgan fingerprint density at radius 1 is 1.50 bits per heavy atom. The number of hydrogen-bond donors (Lipinski definition) is 1. The van der Waals surface area contributed by atoms with Crippen molar-refractivity contribution in [1.29, 1.82) is 0 Å². The van der Waals surface area contributed by atoms with E-state index in [9.17, 15) is 9.18 Å². The van der Waals surface area contributed by atoms with Gasteiger partial charge in [0.15, 0.2) is 5.78 Å². The first-order valence-electron chi connectivity index (χ1n) is 5.27. The highest BCUT2D eigenvalue weighted by Crippen LogP contribution is 2.31. The van der Waals surface area contributed by atoms with Crippen molar-refractivity contribution in [2.75, 3.05) is 0 Å². The maximum Gasteiger partial charge on any atom is 0.157 e. The van der Waals surface area contributed by atoms with E-state index in [1.807, 2.05) is 0 Å². The Morgan fingerprint density at radius 2 is 2.19 bits per heavy atom. The lowest BCUT2D eigenvalue weighted by molar-refractivity contribution is -0.126. The second-order valence-electron chi connectivity index (χ2n) is 4.35. The minimum absolute atomic E-state index is 0.00468. The molecule has 0 aromatic heterocycles. The molecule has 0 saturated heterocycles. The average molecular weight is 286 g/mol. The highest BCUT2D eigenvalue weighted by Gasteiger charge is 2.39. The highest BCUT2D eigenvalue weighted by atomic mass is 79.9. The van der Waals surface area contributed by atoms with Gasteiger partial charge in [-0.15, -0.1) is 0 Å². The Hall–Kier alpha value is -0.740. The maximum atomic E-state index is 13.0. The molecule has 1 aromatic rings. The van der Waals surface area contributed by atoms with Crippen LogP contribution in [0.4, 0.5) is 4.39 Å². The predicted molar refractivity (Wildman–Crippen MR) is 63.6 cm³/mol. The molecular weight excluding hydrogens is 273 g/mol. The largest absolute Gasteiger partial charge is 0.319 e. The van der Waals surface area contributed by atoms with Crippen molar-refractivity contribution in [3.8, 4) is 0 Å². The van der Waals surface area contributed by atoms with E-state index in [1.54, 1.807) is 6.07 Å². The van der Waals surface area contributed by atoms with Crippen LogP contribution in [-0.4, -0.2) is 11.3 Å². The molecule has 0 heterocycles. The molecule has 2 rings (SSSR count). The summed E-state index contributed by atoms with van der Waals surface area (Å²) >= 11 is 3.31. The fourth-order valence-corrected chi connectivity index (χ4v) is 2.25. The third-order valence-corrected chi connectivity index (χ3v) is 3.93. The highest BCUT2D eigenvalue weighted by molar-refractivity contribution is 9.10. The molecule has 1 aromatic carbocycles. The number of nitrogens with two attached hydrogens (primary N) is 1. The van der Waals surface area contributed by atoms with E-state index < -0.39 is 5.54 Å². The third kappa shape index (κ3) is 2.18. The van der Waals surface area contributed by atoms with Crippen LogP contribution >= 0.6 is 15.9 Å². The van der Waals surface area contributed by atoms with Gasteiger partial charge in [-0.3, -0.25) is 4.79 Å². The van der Waals surface area contributed by atoms with Gasteiger partial charge in [-0.2, -0.15) is 0 Å². The molecule has 1 saturated carbocycles. The summed E-state index contributed by atoms with van der Waals surface area (Å²) in [7, 11) is 0. The summed E-state index contributed by atoms with van der Waals surface area (Å²) in [5, 5.41) is 0. The van der Waals surface area contributed by atoms with E-state index >= 15 is 0 Å². The van der Waals surface area contributed by atoms with E-state index in [-0.39, 0.29) is 18.0 Å². The molecule has 4 heteroatoms. The molecule has 0 amide bonds. The molecule has 0 bridgehead atoms. The normalized spacial score (nSPS) is 17.9. The SMILES string of the molecule is NC1(C(=O)Cc2cc(F)ccc2Br)CCC1. The summed E-state index contributed by atoms with van der Waals surface area (Å²) in [6.07, 6.45) is 2.71. The van der Waals surface area contributed by atoms with Crippen LogP contribution in [0.3, 0.4) is 0 Å². The summed E-state index contributed by atoms with van der Waals surface area (Å²) < 4.78 is 13.8. The van der Waals surface area contributed by atoms with Gasteiger partial charge in [0, 0.05) is 10.9 Å². The predicted octanol–water partition coefficient (Wildman–Crippen LogP) is 2.58. The molecular formula is C12H13BrFNO. The number of halogens is 2. The van der Waals surface area contributed by atoms with E-state index in [0.717, 1.165) is 23.7 Å². The van der Waals surface area contributed by atoms with Crippen molar-refractivity contribution in [2.45, 2.75) is 31.2 Å². The molecule has 0 spiro atoms. The van der Waals surface area contributed by atoms with E-state index in [0.29, 0.717) is 5.56 Å². The Kier molecular flexibility index (Phi) is 3.13. The molecule has 86 valence electrons. The van der Waals surface area contributed by atoms with Gasteiger partial charge in [-0.25, -0.2) is 4.39 Å². The molecule has 1 fully saturated rings. The Bertz CT molecular complexity index is 429. The van der Waals surface area contributed by atoms with Gasteiger partial charge in [0.2, 0.25) is 0 Å². The molecule has 0 atom stereocenters. The molecule has 1 aliphatic carbocycles. The Morgan fingerprint density at radius 3 is 2.75 bits per heavy atom. The van der Waals surface area contributed by atoms with Gasteiger partial charge >= 0.3 is 0 Å². The van der Waals surface area contributed by atoms with Gasteiger partial charge in [0.1, 0.15) is 5.82 Å². The average Bonchev–Trinajstić information content (AvgIpc) is 2.20. The molecule has 1 aliphatic rings. The van der Waals surface area contributed by atoms with E-state index in [1.165, 1.54) is 12.1 Å². The fraction of sp³-hybridized carbons (Fsp3) is 0.417. The third-order valence-electron chi connectivity index (χ3n) is 3.16. The van der Waals surface area contributed by atoms with Gasteiger partial charge in [0.05, 0.1) is 5.54 Å². The first-order chi connectivity index (χ1) is 7.51. The molecule has 0 aliphatic heterocycles. The van der Waals surface area contributed by atoms with Crippen molar-refractivity contribution in [1.82, 2.24) is 0 Å². The summed E-state index contributed by atoms with van der Waals surface area (Å²) in [6, 6.07) is 4.35. The molecule has 2 N–H and O–H groups in total. The number of carbonyl (C=O) groups is 1. The Balaban J connectivity index is 2.14. The Labute approximate surface area is 102 Å². The molecule has 16 heavy (non-hydrogen) atoms. The van der Waals surface area contributed by atoms with Crippen molar-refractivity contribution in [2.24, 2.45) is 5.73 Å². The monoisotopic (exact) mass is 285 g/mol. The quantitative estimate of drug-likeness (QED) is 0.928. The van der Waals surface area contributed by atoms with Crippen LogP contribution in [0, 0.1) is 5.82 Å². The van der Waals surface area contributed by atoms with Gasteiger partial charge < -0.3 is 5.73 Å². The van der Waals surface area contributed by atoms with Crippen molar-refractivity contribution >= 4 is 21.7 Å². The standard InChI is InChI=1S/C12H13BrFNO/c13-10-3-2-9(14)6-8(10)7-11(16)12(15)4-1-5-12/h2-3,6H,1,4-5,7,15H2. The van der Waals surface area contributed by atoms with Gasteiger partial charge in [-0.05, 0) is 43.0 Å². The topological polar surface area (TPSA) is 43.1 Å². The number of carbonyl (C=O) groups excluding carboxylic acids is 1. The lowest BCUT2D eigenvalue weighted by Crippen LogP contribution is -2.54. The molecule has 0 unspecified atom stereocenters. The van der Waals surface area contributed by atoms with Crippen molar-refractivity contribution < 1.29 is 9.18 Å². The van der Waals surface area contributed by atoms with Crippen LogP contribution in [-0.2, 0) is 11.2 Å². The van der Waals surface area contributed by atoms with Crippen LogP contribution in [0.2, 0.25) is 0 Å². The van der Waals surface area contributed by atoms with E-state index in [2.05, 4.69) is 15.9 Å². The number of ketones is 1. The number of hydrogen-bond acceptors (Lipinski definition) is 2. The van der Waals surface area contributed by atoms with E-state index in [4.69, 9.17) is 5.73 Å². The lowest BCUT2D eigenvalue weighted by Gasteiger charge is -2.36. The lowest BCUT2D eigenvalue weighted by atomic mass is 9.73. The second kappa shape index (κ2) is 4.26. The summed E-state index contributed by atoms with van der Waals surface area (Å²) in [5.74, 6) is -0.323. The smallest absolute Gasteiger partial charge is 0.157 e. The summed E-state index contributed by atoms with van der Waals surface area (Å²) in [5.41, 5.74) is 5.93. The van der Waals surface area contributed by atoms with Crippen LogP contribution in [0.15, 0.2) is 22.7 Å². The van der Waals surface area contributed by atoms with Crippen LogP contribution in [0.1, 0.15) is 24.8 Å². The van der Waals surface area contributed by atoms with Crippen molar-refractivity contribution in [3.63, 3.8) is 0 Å². The van der Waals surface area contributed by atoms with Crippen molar-refractivity contribution in [3.05, 3.63) is 34.1 Å². The minimum Gasteiger partial charge on any atom is -0.319 e. The van der Waals surface area contributed by atoms with Crippen LogP contribution in [0.5, 0.6) is 0 Å².